The third-order valence-corrected chi connectivity index (χ3v) is 1.91. The predicted molar refractivity (Wildman–Crippen MR) is 47.3 cm³/mol. The van der Waals surface area contributed by atoms with Crippen molar-refractivity contribution >= 4 is 0 Å². The third-order valence-electron chi connectivity index (χ3n) is 1.91. The van der Waals surface area contributed by atoms with Gasteiger partial charge in [-0.15, -0.1) is 0 Å². The molecule has 0 radical (unpaired) electrons. The van der Waals surface area contributed by atoms with Gasteiger partial charge in [0.1, 0.15) is 12.4 Å². The number of hydrogen-bond donors (Lipinski definition) is 1. The molecule has 0 unspecified atom stereocenters. The second-order valence-electron chi connectivity index (χ2n) is 2.78. The third kappa shape index (κ3) is 1.42. The van der Waals surface area contributed by atoms with E-state index in [0.717, 1.165) is 17.7 Å². The van der Waals surface area contributed by atoms with E-state index in [4.69, 9.17) is 14.0 Å². The molecule has 2 heterocycles. The number of rotatable bonds is 3. The van der Waals surface area contributed by atoms with Crippen molar-refractivity contribution in [2.24, 2.45) is 0 Å². The summed E-state index contributed by atoms with van der Waals surface area (Å²) in [5.74, 6) is 1.47. The van der Waals surface area contributed by atoms with Crippen molar-refractivity contribution in [1.29, 1.82) is 0 Å². The molecule has 14 heavy (non-hydrogen) atoms. The second kappa shape index (κ2) is 3.63. The maximum atomic E-state index is 8.77. The van der Waals surface area contributed by atoms with Crippen molar-refractivity contribution in [3.05, 3.63) is 23.9 Å². The van der Waals surface area contributed by atoms with Gasteiger partial charge in [-0.1, -0.05) is 12.1 Å². The molecule has 0 aliphatic carbocycles. The lowest BCUT2D eigenvalue weighted by Crippen LogP contribution is -1.85. The van der Waals surface area contributed by atoms with Crippen LogP contribution in [0.5, 0.6) is 0 Å². The van der Waals surface area contributed by atoms with E-state index < -0.39 is 0 Å². The van der Waals surface area contributed by atoms with E-state index >= 15 is 0 Å². The van der Waals surface area contributed by atoms with Gasteiger partial charge in [-0.3, -0.25) is 0 Å². The van der Waals surface area contributed by atoms with Crippen LogP contribution in [-0.2, 0) is 13.0 Å². The lowest BCUT2D eigenvalue weighted by Gasteiger charge is -1.91. The van der Waals surface area contributed by atoms with Crippen molar-refractivity contribution in [2.45, 2.75) is 20.0 Å². The fourth-order valence-corrected chi connectivity index (χ4v) is 1.23. The van der Waals surface area contributed by atoms with Crippen molar-refractivity contribution in [3.8, 4) is 11.5 Å². The molecular weight excluding hydrogens is 184 g/mol. The Morgan fingerprint density at radius 1 is 1.50 bits per heavy atom. The summed E-state index contributed by atoms with van der Waals surface area (Å²) in [5.41, 5.74) is 0.791. The second-order valence-corrected chi connectivity index (χ2v) is 2.78. The van der Waals surface area contributed by atoms with Gasteiger partial charge in [0.05, 0.1) is 11.8 Å². The standard InChI is InChI=1S/C9H10N2O3/c1-2-7-6(3-4-13-7)9-10-8(5-12)11-14-9/h3-4,12H,2,5H2,1H3. The quantitative estimate of drug-likeness (QED) is 0.799. The van der Waals surface area contributed by atoms with Gasteiger partial charge in [-0.2, -0.15) is 4.98 Å². The number of aliphatic hydroxyl groups excluding tert-OH is 1. The highest BCUT2D eigenvalue weighted by Gasteiger charge is 2.13. The highest BCUT2D eigenvalue weighted by atomic mass is 16.5. The number of aliphatic hydroxyl groups is 1. The Bertz CT molecular complexity index is 419. The summed E-state index contributed by atoms with van der Waals surface area (Å²) in [6, 6.07) is 1.77. The van der Waals surface area contributed by atoms with Gasteiger partial charge in [0.2, 0.25) is 0 Å². The van der Waals surface area contributed by atoms with Crippen molar-refractivity contribution < 1.29 is 14.0 Å². The van der Waals surface area contributed by atoms with Crippen LogP contribution in [0.15, 0.2) is 21.3 Å². The van der Waals surface area contributed by atoms with E-state index in [0.29, 0.717) is 5.89 Å². The Morgan fingerprint density at radius 3 is 3.00 bits per heavy atom. The monoisotopic (exact) mass is 194 g/mol. The predicted octanol–water partition coefficient (Wildman–Crippen LogP) is 1.38. The summed E-state index contributed by atoms with van der Waals surface area (Å²) in [6.07, 6.45) is 2.34. The fourth-order valence-electron chi connectivity index (χ4n) is 1.23. The molecule has 0 amide bonds. The van der Waals surface area contributed by atoms with E-state index in [1.807, 2.05) is 6.92 Å². The van der Waals surface area contributed by atoms with E-state index in [-0.39, 0.29) is 12.4 Å². The minimum atomic E-state index is -0.219. The molecule has 0 aliphatic heterocycles. The molecule has 1 N–H and O–H groups in total. The summed E-state index contributed by atoms with van der Waals surface area (Å²) in [7, 11) is 0. The number of furan rings is 1. The van der Waals surface area contributed by atoms with Gasteiger partial charge >= 0.3 is 0 Å². The Kier molecular flexibility index (Phi) is 2.32. The molecule has 74 valence electrons. The largest absolute Gasteiger partial charge is 0.469 e. The summed E-state index contributed by atoms with van der Waals surface area (Å²) in [4.78, 5) is 3.99. The smallest absolute Gasteiger partial charge is 0.261 e. The van der Waals surface area contributed by atoms with Crippen LogP contribution in [0.3, 0.4) is 0 Å². The fraction of sp³-hybridized carbons (Fsp3) is 0.333. The highest BCUT2D eigenvalue weighted by Crippen LogP contribution is 2.23. The van der Waals surface area contributed by atoms with Crippen LogP contribution >= 0.6 is 0 Å². The first-order valence-electron chi connectivity index (χ1n) is 4.35. The number of nitrogens with zero attached hydrogens (tertiary/aromatic N) is 2. The van der Waals surface area contributed by atoms with Gasteiger partial charge in [0, 0.05) is 6.42 Å². The molecule has 0 aromatic carbocycles. The molecule has 2 rings (SSSR count). The van der Waals surface area contributed by atoms with E-state index in [2.05, 4.69) is 10.1 Å². The van der Waals surface area contributed by atoms with Crippen LogP contribution in [0, 0.1) is 0 Å². The van der Waals surface area contributed by atoms with E-state index in [9.17, 15) is 0 Å². The first-order valence-corrected chi connectivity index (χ1v) is 4.35. The Labute approximate surface area is 80.4 Å². The van der Waals surface area contributed by atoms with Gasteiger partial charge in [-0.05, 0) is 6.07 Å². The lowest BCUT2D eigenvalue weighted by molar-refractivity contribution is 0.264. The molecule has 2 aromatic heterocycles. The average molecular weight is 194 g/mol. The van der Waals surface area contributed by atoms with Crippen LogP contribution in [0.2, 0.25) is 0 Å². The highest BCUT2D eigenvalue weighted by molar-refractivity contribution is 5.55. The molecular formula is C9H10N2O3. The zero-order valence-electron chi connectivity index (χ0n) is 7.73. The van der Waals surface area contributed by atoms with Crippen molar-refractivity contribution in [3.63, 3.8) is 0 Å². The van der Waals surface area contributed by atoms with Crippen molar-refractivity contribution in [1.82, 2.24) is 10.1 Å². The Hall–Kier alpha value is -1.62. The molecule has 5 heteroatoms. The topological polar surface area (TPSA) is 72.3 Å². The van der Waals surface area contributed by atoms with Gasteiger partial charge < -0.3 is 14.0 Å². The minimum Gasteiger partial charge on any atom is -0.469 e. The first-order chi connectivity index (χ1) is 6.85. The van der Waals surface area contributed by atoms with E-state index in [1.54, 1.807) is 12.3 Å². The van der Waals surface area contributed by atoms with Gasteiger partial charge in [-0.25, -0.2) is 0 Å². The molecule has 0 spiro atoms. The Balaban J connectivity index is 2.38. The molecule has 2 aromatic rings. The summed E-state index contributed by atoms with van der Waals surface area (Å²) in [6.45, 7) is 1.76. The maximum Gasteiger partial charge on any atom is 0.261 e. The van der Waals surface area contributed by atoms with Crippen LogP contribution in [0.25, 0.3) is 11.5 Å². The molecule has 5 nitrogen and oxygen atoms in total. The average Bonchev–Trinajstić information content (AvgIpc) is 2.85. The summed E-state index contributed by atoms with van der Waals surface area (Å²) < 4.78 is 10.2. The summed E-state index contributed by atoms with van der Waals surface area (Å²) >= 11 is 0. The summed E-state index contributed by atoms with van der Waals surface area (Å²) in [5, 5.41) is 12.4. The molecule has 0 fully saturated rings. The zero-order valence-corrected chi connectivity index (χ0v) is 7.73. The SMILES string of the molecule is CCc1occc1-c1nc(CO)no1. The lowest BCUT2D eigenvalue weighted by atomic mass is 10.2. The molecule has 0 saturated heterocycles. The molecule has 0 atom stereocenters. The van der Waals surface area contributed by atoms with Crippen LogP contribution < -0.4 is 0 Å². The minimum absolute atomic E-state index is 0.219. The first kappa shape index (κ1) is 8.96. The van der Waals surface area contributed by atoms with E-state index in [1.165, 1.54) is 0 Å². The maximum absolute atomic E-state index is 8.77. The molecule has 0 aliphatic rings. The van der Waals surface area contributed by atoms with Crippen LogP contribution in [0.1, 0.15) is 18.5 Å². The van der Waals surface area contributed by atoms with Gasteiger partial charge in [0.25, 0.3) is 5.89 Å². The number of aryl methyl sites for hydroxylation is 1. The normalized spacial score (nSPS) is 10.7. The zero-order chi connectivity index (χ0) is 9.97. The number of hydrogen-bond acceptors (Lipinski definition) is 5. The molecule has 0 saturated carbocycles. The van der Waals surface area contributed by atoms with Crippen molar-refractivity contribution in [2.75, 3.05) is 0 Å². The molecule has 0 bridgehead atoms. The van der Waals surface area contributed by atoms with Crippen LogP contribution in [0.4, 0.5) is 0 Å². The van der Waals surface area contributed by atoms with Gasteiger partial charge in [0.15, 0.2) is 5.82 Å². The number of aromatic nitrogens is 2. The Morgan fingerprint density at radius 2 is 2.36 bits per heavy atom. The van der Waals surface area contributed by atoms with Crippen LogP contribution in [-0.4, -0.2) is 15.2 Å².